The molecule has 1 aliphatic carbocycles. The summed E-state index contributed by atoms with van der Waals surface area (Å²) in [5.74, 6) is -1.82. The van der Waals surface area contributed by atoms with E-state index in [1.165, 1.54) is 17.2 Å². The topological polar surface area (TPSA) is 171 Å². The molecule has 1 aromatic carbocycles. The van der Waals surface area contributed by atoms with Gasteiger partial charge in [-0.15, -0.1) is 4.80 Å². The molecule has 0 bridgehead atoms. The molecule has 14 heteroatoms. The average Bonchev–Trinajstić information content (AvgIpc) is 3.54. The molecule has 0 saturated heterocycles. The van der Waals surface area contributed by atoms with Crippen LogP contribution in [0.2, 0.25) is 0 Å². The van der Waals surface area contributed by atoms with Crippen LogP contribution in [0.4, 0.5) is 26.5 Å². The van der Waals surface area contributed by atoms with E-state index in [2.05, 4.69) is 36.1 Å². The van der Waals surface area contributed by atoms with E-state index in [4.69, 9.17) is 15.2 Å². The van der Waals surface area contributed by atoms with Gasteiger partial charge in [-0.2, -0.15) is 10.2 Å². The molecule has 242 valence electrons. The Labute approximate surface area is 266 Å². The molecule has 1 fully saturated rings. The number of nitrogens with zero attached hydrogens (tertiary/aromatic N) is 5. The maximum Gasteiger partial charge on any atom is 0.407 e. The van der Waals surface area contributed by atoms with Crippen LogP contribution >= 0.6 is 0 Å². The van der Waals surface area contributed by atoms with Crippen LogP contribution in [-0.4, -0.2) is 60.8 Å². The molecule has 1 aliphatic rings. The third-order valence-corrected chi connectivity index (χ3v) is 7.35. The molecule has 5 rings (SSSR count). The van der Waals surface area contributed by atoms with Crippen LogP contribution in [0.5, 0.6) is 0 Å². The van der Waals surface area contributed by atoms with Gasteiger partial charge in [0.25, 0.3) is 5.91 Å². The molecule has 1 saturated carbocycles. The second-order valence-corrected chi connectivity index (χ2v) is 12.0. The van der Waals surface area contributed by atoms with Crippen LogP contribution < -0.4 is 21.7 Å². The Kier molecular flexibility index (Phi) is 9.75. The fourth-order valence-corrected chi connectivity index (χ4v) is 5.24. The summed E-state index contributed by atoms with van der Waals surface area (Å²) in [6.45, 7) is 7.46. The second kappa shape index (κ2) is 13.9. The predicted molar refractivity (Wildman–Crippen MR) is 169 cm³/mol. The Morgan fingerprint density at radius 1 is 1.09 bits per heavy atom. The molecule has 0 radical (unpaired) electrons. The molecule has 3 atom stereocenters. The summed E-state index contributed by atoms with van der Waals surface area (Å²) in [4.78, 5) is 35.4. The van der Waals surface area contributed by atoms with Gasteiger partial charge in [0, 0.05) is 0 Å². The smallest absolute Gasteiger partial charge is 0.407 e. The van der Waals surface area contributed by atoms with Crippen LogP contribution in [0.15, 0.2) is 61.1 Å². The van der Waals surface area contributed by atoms with Crippen molar-refractivity contribution >= 4 is 29.3 Å². The van der Waals surface area contributed by atoms with E-state index >= 15 is 4.39 Å². The summed E-state index contributed by atoms with van der Waals surface area (Å²) >= 11 is 0. The van der Waals surface area contributed by atoms with Crippen molar-refractivity contribution in [1.29, 1.82) is 0 Å². The number of nitrogens with two attached hydrogens (primary N) is 1. The zero-order valence-electron chi connectivity index (χ0n) is 26.2. The highest BCUT2D eigenvalue weighted by Gasteiger charge is 2.37. The maximum atomic E-state index is 15.6. The van der Waals surface area contributed by atoms with E-state index in [1.54, 1.807) is 40.0 Å². The number of benzene rings is 1. The number of carbonyl (C=O) groups excluding carboxylic acids is 2. The van der Waals surface area contributed by atoms with E-state index in [1.807, 2.05) is 30.3 Å². The van der Waals surface area contributed by atoms with Gasteiger partial charge < -0.3 is 31.2 Å². The first-order chi connectivity index (χ1) is 22.0. The largest absolute Gasteiger partial charge is 0.444 e. The molecule has 3 heterocycles. The van der Waals surface area contributed by atoms with Crippen LogP contribution in [0.3, 0.4) is 0 Å². The van der Waals surface area contributed by atoms with Gasteiger partial charge in [0.15, 0.2) is 11.6 Å². The molecule has 0 aliphatic heterocycles. The van der Waals surface area contributed by atoms with Gasteiger partial charge in [-0.1, -0.05) is 30.3 Å². The van der Waals surface area contributed by atoms with E-state index < -0.39 is 41.6 Å². The van der Waals surface area contributed by atoms with Gasteiger partial charge >= 0.3 is 6.09 Å². The first kappa shape index (κ1) is 32.3. The third kappa shape index (κ3) is 8.13. The zero-order valence-corrected chi connectivity index (χ0v) is 26.2. The normalized spacial score (nSPS) is 18.1. The van der Waals surface area contributed by atoms with Crippen molar-refractivity contribution in [3.8, 4) is 5.69 Å². The quantitative estimate of drug-likeness (QED) is 0.191. The van der Waals surface area contributed by atoms with E-state index in [9.17, 15) is 9.59 Å². The number of aromatic nitrogens is 5. The number of ether oxygens (including phenoxy) is 2. The fraction of sp³-hybridized carbons (Fsp3) is 0.375. The van der Waals surface area contributed by atoms with Crippen LogP contribution in [0, 0.1) is 12.7 Å². The highest BCUT2D eigenvalue weighted by Crippen LogP contribution is 2.30. The Morgan fingerprint density at radius 2 is 1.83 bits per heavy atom. The highest BCUT2D eigenvalue weighted by molar-refractivity contribution is 5.98. The van der Waals surface area contributed by atoms with Crippen molar-refractivity contribution in [2.45, 2.75) is 77.4 Å². The molecule has 13 nitrogen and oxygen atoms in total. The number of aryl methyl sites for hydroxylation is 1. The molecule has 0 unspecified atom stereocenters. The van der Waals surface area contributed by atoms with Crippen molar-refractivity contribution in [3.05, 3.63) is 83.7 Å². The number of hydrogen-bond donors (Lipinski definition) is 4. The Hall–Kier alpha value is -5.11. The molecule has 46 heavy (non-hydrogen) atoms. The van der Waals surface area contributed by atoms with Crippen LogP contribution in [-0.2, 0) is 16.1 Å². The molecule has 2 amide bonds. The number of alkyl carbamates (subject to hydrolysis) is 1. The summed E-state index contributed by atoms with van der Waals surface area (Å²) in [6, 6.07) is 11.3. The van der Waals surface area contributed by atoms with Gasteiger partial charge in [0.05, 0.1) is 60.3 Å². The molecular formula is C32H38FN9O4. The highest BCUT2D eigenvalue weighted by atomic mass is 19.1. The number of hydrogen-bond acceptors (Lipinski definition) is 10. The first-order valence-electron chi connectivity index (χ1n) is 15.0. The van der Waals surface area contributed by atoms with Gasteiger partial charge in [0.1, 0.15) is 17.1 Å². The summed E-state index contributed by atoms with van der Waals surface area (Å²) < 4.78 is 27.5. The van der Waals surface area contributed by atoms with Gasteiger partial charge in [-0.3, -0.25) is 9.78 Å². The Balaban J connectivity index is 1.45. The minimum absolute atomic E-state index is 0.00985. The SMILES string of the molecule is Cc1ncc(Nc2nc(N[C@H]3[C@@H](NC(=O)OC(C)(C)C)CCC[C@@H]3OCc3ccccc3)c(F)cc2C(N)=O)cc1-n1nccn1. The van der Waals surface area contributed by atoms with Crippen molar-refractivity contribution < 1.29 is 23.5 Å². The maximum absolute atomic E-state index is 15.6. The molecule has 5 N–H and O–H groups in total. The summed E-state index contributed by atoms with van der Waals surface area (Å²) in [5.41, 5.74) is 7.42. The minimum Gasteiger partial charge on any atom is -0.444 e. The third-order valence-electron chi connectivity index (χ3n) is 7.35. The number of rotatable bonds is 10. The lowest BCUT2D eigenvalue weighted by Crippen LogP contribution is -2.56. The molecule has 3 aromatic heterocycles. The summed E-state index contributed by atoms with van der Waals surface area (Å²) in [7, 11) is 0. The lowest BCUT2D eigenvalue weighted by molar-refractivity contribution is -0.00338. The Morgan fingerprint density at radius 3 is 2.52 bits per heavy atom. The van der Waals surface area contributed by atoms with Crippen molar-refractivity contribution in [3.63, 3.8) is 0 Å². The van der Waals surface area contributed by atoms with Crippen LogP contribution in [0.25, 0.3) is 5.69 Å². The molecular weight excluding hydrogens is 593 g/mol. The van der Waals surface area contributed by atoms with Crippen molar-refractivity contribution in [2.24, 2.45) is 5.73 Å². The second-order valence-electron chi connectivity index (χ2n) is 12.0. The fourth-order valence-electron chi connectivity index (χ4n) is 5.24. The van der Waals surface area contributed by atoms with E-state index in [0.717, 1.165) is 18.1 Å². The van der Waals surface area contributed by atoms with Gasteiger partial charge in [-0.05, 0) is 64.7 Å². The van der Waals surface area contributed by atoms with Crippen LogP contribution in [0.1, 0.15) is 61.6 Å². The molecule has 4 aromatic rings. The lowest BCUT2D eigenvalue weighted by Gasteiger charge is -2.39. The zero-order chi connectivity index (χ0) is 32.8. The number of halogens is 1. The van der Waals surface area contributed by atoms with Crippen molar-refractivity contribution in [1.82, 2.24) is 30.3 Å². The molecule has 0 spiro atoms. The van der Waals surface area contributed by atoms with Gasteiger partial charge in [0.2, 0.25) is 0 Å². The predicted octanol–water partition coefficient (Wildman–Crippen LogP) is 4.79. The average molecular weight is 632 g/mol. The summed E-state index contributed by atoms with van der Waals surface area (Å²) in [5, 5.41) is 17.5. The van der Waals surface area contributed by atoms with E-state index in [0.29, 0.717) is 36.5 Å². The summed E-state index contributed by atoms with van der Waals surface area (Å²) in [6.07, 6.45) is 5.61. The van der Waals surface area contributed by atoms with E-state index in [-0.39, 0.29) is 17.2 Å². The lowest BCUT2D eigenvalue weighted by atomic mass is 9.87. The Bertz CT molecular complexity index is 1660. The van der Waals surface area contributed by atoms with Crippen molar-refractivity contribution in [2.75, 3.05) is 10.6 Å². The number of carbonyl (C=O) groups is 2. The number of nitrogens with one attached hydrogen (secondary N) is 3. The standard InChI is InChI=1S/C32H38FN9O4/c1-19-25(42-36-13-14-37-42)15-21(17-35-19)38-29-22(28(34)43)16-23(33)30(41-29)40-27-24(39-31(44)46-32(2,3)4)11-8-12-26(27)45-18-20-9-6-5-7-10-20/h5-7,9-10,13-17,24,26-27H,8,11-12,18H2,1-4H3,(H2,34,43)(H,39,44)(H2,38,40,41)/t24-,26-,27-/m0/s1. The number of amides is 2. The number of primary amides is 1. The monoisotopic (exact) mass is 631 g/mol. The van der Waals surface area contributed by atoms with Gasteiger partial charge in [-0.25, -0.2) is 14.2 Å². The first-order valence-corrected chi connectivity index (χ1v) is 15.0. The number of pyridine rings is 2. The minimum atomic E-state index is -0.874. The number of anilines is 3.